The van der Waals surface area contributed by atoms with Crippen LogP contribution in [0.25, 0.3) is 0 Å². The molecule has 1 unspecified atom stereocenters. The number of methoxy groups -OCH3 is 1. The van der Waals surface area contributed by atoms with Crippen molar-refractivity contribution in [2.24, 2.45) is 5.92 Å². The van der Waals surface area contributed by atoms with Crippen LogP contribution in [0.2, 0.25) is 0 Å². The van der Waals surface area contributed by atoms with Gasteiger partial charge < -0.3 is 9.47 Å². The van der Waals surface area contributed by atoms with Crippen LogP contribution in [-0.4, -0.2) is 25.5 Å². The smallest absolute Gasteiger partial charge is 0.316 e. The first-order chi connectivity index (χ1) is 7.06. The minimum absolute atomic E-state index is 0.218. The van der Waals surface area contributed by atoms with Crippen molar-refractivity contribution in [3.05, 3.63) is 10.7 Å². The van der Waals surface area contributed by atoms with Crippen LogP contribution in [0.15, 0.2) is 10.7 Å². The largest absolute Gasteiger partial charge is 0.501 e. The van der Waals surface area contributed by atoms with Crippen molar-refractivity contribution in [3.63, 3.8) is 0 Å². The molecule has 0 saturated heterocycles. The Hall–Kier alpha value is -0.840. The standard InChI is InChI=1S/C10H15BrO4/c1-4-15-10(13)9(7(2)12)5-8(6-11)14-3/h6,9H,4-5H2,1-3H3/b8-6+. The lowest BCUT2D eigenvalue weighted by atomic mass is 10.0. The van der Waals surface area contributed by atoms with E-state index in [0.29, 0.717) is 5.76 Å². The van der Waals surface area contributed by atoms with Gasteiger partial charge in [0.15, 0.2) is 0 Å². The van der Waals surface area contributed by atoms with Crippen LogP contribution in [-0.2, 0) is 19.1 Å². The maximum Gasteiger partial charge on any atom is 0.316 e. The van der Waals surface area contributed by atoms with Crippen LogP contribution in [0.1, 0.15) is 20.3 Å². The van der Waals surface area contributed by atoms with Gasteiger partial charge >= 0.3 is 5.97 Å². The van der Waals surface area contributed by atoms with Crippen molar-refractivity contribution in [2.45, 2.75) is 20.3 Å². The Morgan fingerprint density at radius 3 is 2.40 bits per heavy atom. The second-order valence-electron chi connectivity index (χ2n) is 2.90. The van der Waals surface area contributed by atoms with E-state index in [9.17, 15) is 9.59 Å². The van der Waals surface area contributed by atoms with Crippen LogP contribution in [0, 0.1) is 5.92 Å². The molecule has 0 aromatic rings. The Kier molecular flexibility index (Phi) is 7.03. The number of Topliss-reactive ketones (excluding diaryl/α,β-unsaturated/α-hetero) is 1. The molecule has 0 aliphatic heterocycles. The lowest BCUT2D eigenvalue weighted by Crippen LogP contribution is -2.25. The number of rotatable bonds is 6. The molecule has 0 radical (unpaired) electrons. The maximum atomic E-state index is 11.4. The quantitative estimate of drug-likeness (QED) is 0.424. The molecule has 0 amide bonds. The fourth-order valence-electron chi connectivity index (χ4n) is 1.01. The van der Waals surface area contributed by atoms with E-state index in [1.807, 2.05) is 0 Å². The number of allylic oxidation sites excluding steroid dienone is 1. The number of carbonyl (C=O) groups excluding carboxylic acids is 2. The monoisotopic (exact) mass is 278 g/mol. The minimum atomic E-state index is -0.784. The number of halogens is 1. The van der Waals surface area contributed by atoms with Gasteiger partial charge in [-0.3, -0.25) is 9.59 Å². The van der Waals surface area contributed by atoms with E-state index >= 15 is 0 Å². The van der Waals surface area contributed by atoms with Gasteiger partial charge in [-0.25, -0.2) is 0 Å². The van der Waals surface area contributed by atoms with E-state index in [0.717, 1.165) is 0 Å². The molecule has 0 aromatic carbocycles. The van der Waals surface area contributed by atoms with Gasteiger partial charge in [0.25, 0.3) is 0 Å². The van der Waals surface area contributed by atoms with Crippen molar-refractivity contribution >= 4 is 27.7 Å². The van der Waals surface area contributed by atoms with Crippen molar-refractivity contribution in [1.82, 2.24) is 0 Å². The van der Waals surface area contributed by atoms with Gasteiger partial charge in [-0.15, -0.1) is 0 Å². The first-order valence-corrected chi connectivity index (χ1v) is 5.48. The summed E-state index contributed by atoms with van der Waals surface area (Å²) in [5.74, 6) is -0.983. The highest BCUT2D eigenvalue weighted by Gasteiger charge is 2.26. The van der Waals surface area contributed by atoms with E-state index in [4.69, 9.17) is 9.47 Å². The maximum absolute atomic E-state index is 11.4. The molecule has 0 rings (SSSR count). The van der Waals surface area contributed by atoms with E-state index in [2.05, 4.69) is 15.9 Å². The Balaban J connectivity index is 4.54. The SMILES string of the molecule is CCOC(=O)C(C/C(=C\Br)OC)C(C)=O. The van der Waals surface area contributed by atoms with Crippen LogP contribution in [0.3, 0.4) is 0 Å². The van der Waals surface area contributed by atoms with E-state index < -0.39 is 11.9 Å². The van der Waals surface area contributed by atoms with Gasteiger partial charge in [0, 0.05) is 11.4 Å². The predicted octanol–water partition coefficient (Wildman–Crippen LogP) is 2.03. The van der Waals surface area contributed by atoms with E-state index in [1.54, 1.807) is 11.9 Å². The zero-order valence-electron chi connectivity index (χ0n) is 9.08. The lowest BCUT2D eigenvalue weighted by Gasteiger charge is -2.13. The van der Waals surface area contributed by atoms with Crippen LogP contribution < -0.4 is 0 Å². The summed E-state index contributed by atoms with van der Waals surface area (Å²) in [4.78, 5) is 24.2. The number of hydrogen-bond acceptors (Lipinski definition) is 4. The molecule has 0 aromatic heterocycles. The summed E-state index contributed by atoms with van der Waals surface area (Å²) in [7, 11) is 1.48. The molecule has 0 bridgehead atoms. The van der Waals surface area contributed by atoms with Crippen LogP contribution in [0.5, 0.6) is 0 Å². The highest BCUT2D eigenvalue weighted by molar-refractivity contribution is 9.11. The van der Waals surface area contributed by atoms with E-state index in [-0.39, 0.29) is 18.8 Å². The normalized spacial score (nSPS) is 13.2. The Labute approximate surface area is 97.8 Å². The van der Waals surface area contributed by atoms with Crippen molar-refractivity contribution in [3.8, 4) is 0 Å². The second kappa shape index (κ2) is 7.45. The summed E-state index contributed by atoms with van der Waals surface area (Å²) in [6.45, 7) is 3.33. The van der Waals surface area contributed by atoms with Gasteiger partial charge in [-0.05, 0) is 13.8 Å². The Morgan fingerprint density at radius 1 is 1.47 bits per heavy atom. The predicted molar refractivity (Wildman–Crippen MR) is 59.4 cm³/mol. The van der Waals surface area contributed by atoms with Gasteiger partial charge in [-0.2, -0.15) is 0 Å². The summed E-state index contributed by atoms with van der Waals surface area (Å²) in [5, 5.41) is 0. The average Bonchev–Trinajstić information content (AvgIpc) is 2.19. The molecule has 0 aliphatic carbocycles. The Morgan fingerprint density at radius 2 is 2.07 bits per heavy atom. The number of hydrogen-bond donors (Lipinski definition) is 0. The minimum Gasteiger partial charge on any atom is -0.501 e. The number of esters is 1. The summed E-state index contributed by atoms with van der Waals surface area (Å²) in [6.07, 6.45) is 0.218. The molecule has 0 aliphatic rings. The van der Waals surface area contributed by atoms with Crippen molar-refractivity contribution in [1.29, 1.82) is 0 Å². The molecule has 4 nitrogen and oxygen atoms in total. The van der Waals surface area contributed by atoms with Crippen molar-refractivity contribution in [2.75, 3.05) is 13.7 Å². The van der Waals surface area contributed by atoms with Gasteiger partial charge in [0.05, 0.1) is 13.7 Å². The summed E-state index contributed by atoms with van der Waals surface area (Å²) in [5.41, 5.74) is 0. The zero-order chi connectivity index (χ0) is 11.8. The number of carbonyl (C=O) groups is 2. The number of ether oxygens (including phenoxy) is 2. The molecular weight excluding hydrogens is 264 g/mol. The summed E-state index contributed by atoms with van der Waals surface area (Å²) < 4.78 is 9.76. The number of ketones is 1. The molecule has 5 heteroatoms. The average molecular weight is 279 g/mol. The molecule has 0 fully saturated rings. The molecule has 15 heavy (non-hydrogen) atoms. The van der Waals surface area contributed by atoms with Gasteiger partial charge in [0.1, 0.15) is 17.5 Å². The summed E-state index contributed by atoms with van der Waals surface area (Å²) in [6, 6.07) is 0. The molecule has 0 N–H and O–H groups in total. The molecule has 86 valence electrons. The highest BCUT2D eigenvalue weighted by Crippen LogP contribution is 2.16. The van der Waals surface area contributed by atoms with Gasteiger partial charge in [-0.1, -0.05) is 15.9 Å². The van der Waals surface area contributed by atoms with Gasteiger partial charge in [0.2, 0.25) is 0 Å². The second-order valence-corrected chi connectivity index (χ2v) is 3.36. The third-order valence-electron chi connectivity index (χ3n) is 1.85. The molecular formula is C10H15BrO4. The molecule has 0 spiro atoms. The molecule has 0 saturated carbocycles. The topological polar surface area (TPSA) is 52.6 Å². The summed E-state index contributed by atoms with van der Waals surface area (Å²) >= 11 is 3.09. The first-order valence-electron chi connectivity index (χ1n) is 4.57. The zero-order valence-corrected chi connectivity index (χ0v) is 10.7. The van der Waals surface area contributed by atoms with E-state index in [1.165, 1.54) is 14.0 Å². The Bertz CT molecular complexity index is 260. The third-order valence-corrected chi connectivity index (χ3v) is 2.36. The fraction of sp³-hybridized carbons (Fsp3) is 0.600. The molecule has 1 atom stereocenters. The molecule has 0 heterocycles. The van der Waals surface area contributed by atoms with Crippen molar-refractivity contribution < 1.29 is 19.1 Å². The third kappa shape index (κ3) is 4.97. The highest BCUT2D eigenvalue weighted by atomic mass is 79.9. The lowest BCUT2D eigenvalue weighted by molar-refractivity contribution is -0.151. The first kappa shape index (κ1) is 14.2. The van der Waals surface area contributed by atoms with Crippen LogP contribution >= 0.6 is 15.9 Å². The fourth-order valence-corrected chi connectivity index (χ4v) is 1.38. The van der Waals surface area contributed by atoms with Crippen LogP contribution in [0.4, 0.5) is 0 Å².